The van der Waals surface area contributed by atoms with E-state index >= 15 is 0 Å². The van der Waals surface area contributed by atoms with Gasteiger partial charge in [-0.2, -0.15) is 0 Å². The van der Waals surface area contributed by atoms with Crippen LogP contribution in [0.2, 0.25) is 0 Å². The molecule has 0 unspecified atom stereocenters. The highest BCUT2D eigenvalue weighted by molar-refractivity contribution is 7.11. The van der Waals surface area contributed by atoms with Gasteiger partial charge in [0.1, 0.15) is 0 Å². The number of hydrogen-bond donors (Lipinski definition) is 1. The number of thiophene rings is 1. The Morgan fingerprint density at radius 1 is 1.20 bits per heavy atom. The third-order valence-electron chi connectivity index (χ3n) is 3.86. The minimum Gasteiger partial charge on any atom is -0.370 e. The molecular weight excluding hydrogens is 264 g/mol. The van der Waals surface area contributed by atoms with E-state index in [9.17, 15) is 0 Å². The number of fused-ring (bicyclic) bond motifs is 1. The predicted octanol–water partition coefficient (Wildman–Crippen LogP) is 3.60. The summed E-state index contributed by atoms with van der Waals surface area (Å²) in [7, 11) is 0. The van der Waals surface area contributed by atoms with Crippen LogP contribution < -0.4 is 10.2 Å². The molecule has 1 aliphatic heterocycles. The minimum atomic E-state index is 0.994. The second-order valence-electron chi connectivity index (χ2n) is 5.41. The Morgan fingerprint density at radius 2 is 2.10 bits per heavy atom. The van der Waals surface area contributed by atoms with Crippen LogP contribution in [0.25, 0.3) is 0 Å². The topological polar surface area (TPSA) is 15.3 Å². The lowest BCUT2D eigenvalue weighted by Crippen LogP contribution is -2.35. The molecule has 0 bridgehead atoms. The molecule has 1 N–H and O–H groups in total. The number of rotatable bonds is 5. The Labute approximate surface area is 125 Å². The highest BCUT2D eigenvalue weighted by Gasteiger charge is 2.15. The molecule has 0 saturated heterocycles. The van der Waals surface area contributed by atoms with Crippen molar-refractivity contribution in [2.24, 2.45) is 0 Å². The van der Waals surface area contributed by atoms with Crippen LogP contribution in [0.3, 0.4) is 0 Å². The molecule has 1 aliphatic rings. The van der Waals surface area contributed by atoms with Crippen molar-refractivity contribution >= 4 is 17.0 Å². The third kappa shape index (κ3) is 3.22. The van der Waals surface area contributed by atoms with E-state index in [2.05, 4.69) is 53.5 Å². The van der Waals surface area contributed by atoms with E-state index in [4.69, 9.17) is 0 Å². The van der Waals surface area contributed by atoms with Gasteiger partial charge < -0.3 is 10.2 Å². The van der Waals surface area contributed by atoms with E-state index in [1.165, 1.54) is 40.4 Å². The zero-order chi connectivity index (χ0) is 13.8. The van der Waals surface area contributed by atoms with Crippen LogP contribution in [0.5, 0.6) is 0 Å². The number of anilines is 1. The first kappa shape index (κ1) is 13.7. The first-order valence-electron chi connectivity index (χ1n) is 7.42. The highest BCUT2D eigenvalue weighted by atomic mass is 32.1. The van der Waals surface area contributed by atoms with Crippen LogP contribution in [0.4, 0.5) is 5.69 Å². The molecular formula is C17H22N2S. The summed E-state index contributed by atoms with van der Waals surface area (Å²) in [5, 5.41) is 3.56. The van der Waals surface area contributed by atoms with Gasteiger partial charge in [0.05, 0.1) is 0 Å². The molecule has 0 aliphatic carbocycles. The summed E-state index contributed by atoms with van der Waals surface area (Å²) in [6, 6.07) is 13.3. The minimum absolute atomic E-state index is 0.994. The fourth-order valence-corrected chi connectivity index (χ4v) is 3.71. The van der Waals surface area contributed by atoms with Crippen LogP contribution in [0.15, 0.2) is 36.4 Å². The summed E-state index contributed by atoms with van der Waals surface area (Å²) < 4.78 is 0. The Balaban J connectivity index is 1.50. The van der Waals surface area contributed by atoms with Gasteiger partial charge in [0, 0.05) is 41.6 Å². The van der Waals surface area contributed by atoms with Gasteiger partial charge in [-0.3, -0.25) is 0 Å². The van der Waals surface area contributed by atoms with Crippen LogP contribution in [-0.2, 0) is 13.0 Å². The van der Waals surface area contributed by atoms with Gasteiger partial charge in [0.15, 0.2) is 0 Å². The normalized spacial score (nSPS) is 14.3. The first-order chi connectivity index (χ1) is 9.83. The molecule has 20 heavy (non-hydrogen) atoms. The quantitative estimate of drug-likeness (QED) is 0.845. The van der Waals surface area contributed by atoms with Gasteiger partial charge in [0.25, 0.3) is 0 Å². The van der Waals surface area contributed by atoms with Gasteiger partial charge in [-0.25, -0.2) is 0 Å². The molecule has 2 nitrogen and oxygen atoms in total. The Bertz CT molecular complexity index is 562. The van der Waals surface area contributed by atoms with Crippen LogP contribution in [-0.4, -0.2) is 19.6 Å². The molecule has 0 atom stereocenters. The maximum absolute atomic E-state index is 3.56. The largest absolute Gasteiger partial charge is 0.370 e. The van der Waals surface area contributed by atoms with Crippen molar-refractivity contribution in [2.45, 2.75) is 26.3 Å². The molecule has 0 spiro atoms. The van der Waals surface area contributed by atoms with Gasteiger partial charge in [-0.15, -0.1) is 11.3 Å². The smallest absolute Gasteiger partial charge is 0.0399 e. The van der Waals surface area contributed by atoms with Crippen LogP contribution >= 0.6 is 11.3 Å². The van der Waals surface area contributed by atoms with Crippen molar-refractivity contribution in [2.75, 3.05) is 24.5 Å². The van der Waals surface area contributed by atoms with E-state index in [-0.39, 0.29) is 0 Å². The maximum Gasteiger partial charge on any atom is 0.0399 e. The van der Waals surface area contributed by atoms with Crippen LogP contribution in [0, 0.1) is 6.92 Å². The molecule has 2 aromatic rings. The molecule has 1 aromatic heterocycles. The SMILES string of the molecule is Cc1ccc(CNCCN2CCCc3ccccc32)s1. The van der Waals surface area contributed by atoms with Crippen molar-refractivity contribution in [1.29, 1.82) is 0 Å². The summed E-state index contributed by atoms with van der Waals surface area (Å²) in [4.78, 5) is 5.35. The Kier molecular flexibility index (Phi) is 4.38. The zero-order valence-electron chi connectivity index (χ0n) is 12.1. The van der Waals surface area contributed by atoms with Gasteiger partial charge in [0.2, 0.25) is 0 Å². The van der Waals surface area contributed by atoms with Crippen molar-refractivity contribution in [3.8, 4) is 0 Å². The van der Waals surface area contributed by atoms with E-state index in [1.54, 1.807) is 0 Å². The summed E-state index contributed by atoms with van der Waals surface area (Å²) >= 11 is 1.89. The van der Waals surface area contributed by atoms with Crippen molar-refractivity contribution < 1.29 is 0 Å². The van der Waals surface area contributed by atoms with Crippen molar-refractivity contribution in [3.05, 3.63) is 51.7 Å². The first-order valence-corrected chi connectivity index (χ1v) is 8.23. The van der Waals surface area contributed by atoms with Crippen LogP contribution in [0.1, 0.15) is 21.7 Å². The maximum atomic E-state index is 3.56. The lowest BCUT2D eigenvalue weighted by atomic mass is 10.0. The fraction of sp³-hybridized carbons (Fsp3) is 0.412. The lowest BCUT2D eigenvalue weighted by Gasteiger charge is -2.31. The second kappa shape index (κ2) is 6.42. The summed E-state index contributed by atoms with van der Waals surface area (Å²) in [6.07, 6.45) is 2.51. The highest BCUT2D eigenvalue weighted by Crippen LogP contribution is 2.26. The van der Waals surface area contributed by atoms with Gasteiger partial charge in [-0.1, -0.05) is 18.2 Å². The monoisotopic (exact) mass is 286 g/mol. The number of aryl methyl sites for hydroxylation is 2. The molecule has 106 valence electrons. The molecule has 0 saturated carbocycles. The molecule has 3 rings (SSSR count). The number of nitrogens with zero attached hydrogens (tertiary/aromatic N) is 1. The van der Waals surface area contributed by atoms with Crippen molar-refractivity contribution in [3.63, 3.8) is 0 Å². The van der Waals surface area contributed by atoms with Gasteiger partial charge in [-0.05, 0) is 43.5 Å². The summed E-state index contributed by atoms with van der Waals surface area (Å²) in [6.45, 7) is 6.50. The lowest BCUT2D eigenvalue weighted by molar-refractivity contribution is 0.633. The fourth-order valence-electron chi connectivity index (χ4n) is 2.85. The number of benzene rings is 1. The molecule has 0 amide bonds. The average Bonchev–Trinajstić information content (AvgIpc) is 2.89. The van der Waals surface area contributed by atoms with E-state index < -0.39 is 0 Å². The summed E-state index contributed by atoms with van der Waals surface area (Å²) in [5.41, 5.74) is 2.94. The predicted molar refractivity (Wildman–Crippen MR) is 87.7 cm³/mol. The van der Waals surface area contributed by atoms with E-state index in [1.807, 2.05) is 11.3 Å². The van der Waals surface area contributed by atoms with Crippen molar-refractivity contribution in [1.82, 2.24) is 5.32 Å². The standard InChI is InChI=1S/C17H22N2S/c1-14-8-9-16(20-14)13-18-10-12-19-11-4-6-15-5-2-3-7-17(15)19/h2-3,5,7-9,18H,4,6,10-13H2,1H3. The molecule has 2 heterocycles. The van der Waals surface area contributed by atoms with E-state index in [0.29, 0.717) is 0 Å². The molecule has 0 radical (unpaired) electrons. The average molecular weight is 286 g/mol. The summed E-state index contributed by atoms with van der Waals surface area (Å²) in [5.74, 6) is 0. The zero-order valence-corrected chi connectivity index (χ0v) is 12.9. The van der Waals surface area contributed by atoms with E-state index in [0.717, 1.165) is 19.6 Å². The number of nitrogens with one attached hydrogen (secondary N) is 1. The number of para-hydroxylation sites is 1. The Morgan fingerprint density at radius 3 is 2.95 bits per heavy atom. The molecule has 0 fully saturated rings. The Hall–Kier alpha value is -1.32. The van der Waals surface area contributed by atoms with Gasteiger partial charge >= 0.3 is 0 Å². The molecule has 3 heteroatoms. The molecule has 1 aromatic carbocycles. The number of hydrogen-bond acceptors (Lipinski definition) is 3. The second-order valence-corrected chi connectivity index (χ2v) is 6.78. The third-order valence-corrected chi connectivity index (χ3v) is 4.86.